The molecule has 138 valence electrons. The van der Waals surface area contributed by atoms with Crippen LogP contribution in [0.4, 0.5) is 0 Å². The molecule has 0 atom stereocenters. The van der Waals surface area contributed by atoms with Gasteiger partial charge in [0, 0.05) is 39.9 Å². The molecule has 1 saturated heterocycles. The van der Waals surface area contributed by atoms with Crippen LogP contribution in [0.1, 0.15) is 44.6 Å². The standard InChI is InChI=1S/C21H33N3O/c1-3-22-21(23-14-8-5-9-17-25-2)24-15-12-20(13-16-24)18-19-10-6-4-7-11-19/h4,6-7,10-11,18H,3,5,8-9,12-17H2,1-2H3,(H,22,23). The van der Waals surface area contributed by atoms with E-state index in [1.807, 2.05) is 0 Å². The number of nitrogens with one attached hydrogen (secondary N) is 1. The number of piperidine rings is 1. The molecule has 1 aliphatic heterocycles. The van der Waals surface area contributed by atoms with Crippen LogP contribution in [0.15, 0.2) is 40.9 Å². The fraction of sp³-hybridized carbons (Fsp3) is 0.571. The van der Waals surface area contributed by atoms with Crippen LogP contribution < -0.4 is 5.32 Å². The summed E-state index contributed by atoms with van der Waals surface area (Å²) >= 11 is 0. The molecule has 0 aliphatic carbocycles. The molecule has 0 unspecified atom stereocenters. The molecular weight excluding hydrogens is 310 g/mol. The molecular formula is C21H33N3O. The molecule has 1 N–H and O–H groups in total. The Balaban J connectivity index is 1.81. The predicted octanol–water partition coefficient (Wildman–Crippen LogP) is 3.95. The maximum absolute atomic E-state index is 5.09. The van der Waals surface area contributed by atoms with E-state index in [9.17, 15) is 0 Å². The third-order valence-corrected chi connectivity index (χ3v) is 4.48. The molecule has 0 radical (unpaired) electrons. The molecule has 0 spiro atoms. The number of ether oxygens (including phenoxy) is 1. The maximum Gasteiger partial charge on any atom is 0.193 e. The fourth-order valence-corrected chi connectivity index (χ4v) is 3.08. The number of likely N-dealkylation sites (tertiary alicyclic amines) is 1. The van der Waals surface area contributed by atoms with Crippen LogP contribution in [0.5, 0.6) is 0 Å². The third kappa shape index (κ3) is 7.30. The number of benzene rings is 1. The Hall–Kier alpha value is -1.81. The molecule has 1 fully saturated rings. The van der Waals surface area contributed by atoms with E-state index in [1.165, 1.54) is 17.6 Å². The van der Waals surface area contributed by atoms with Crippen molar-refractivity contribution < 1.29 is 4.74 Å². The molecule has 4 heteroatoms. The number of guanidine groups is 1. The van der Waals surface area contributed by atoms with E-state index in [0.717, 1.165) is 64.4 Å². The second-order valence-corrected chi connectivity index (χ2v) is 6.49. The van der Waals surface area contributed by atoms with Gasteiger partial charge in [-0.3, -0.25) is 4.99 Å². The second kappa shape index (κ2) is 11.7. The summed E-state index contributed by atoms with van der Waals surface area (Å²) in [6, 6.07) is 10.6. The minimum atomic E-state index is 0.854. The van der Waals surface area contributed by atoms with Crippen LogP contribution in [0.2, 0.25) is 0 Å². The number of aliphatic imine (C=N–C) groups is 1. The lowest BCUT2D eigenvalue weighted by atomic mass is 10.0. The van der Waals surface area contributed by atoms with Gasteiger partial charge in [0.2, 0.25) is 0 Å². The van der Waals surface area contributed by atoms with Crippen molar-refractivity contribution in [3.8, 4) is 0 Å². The molecule has 1 aromatic rings. The summed E-state index contributed by atoms with van der Waals surface area (Å²) in [5.74, 6) is 1.08. The van der Waals surface area contributed by atoms with Crippen molar-refractivity contribution in [3.05, 3.63) is 41.5 Å². The first-order valence-electron chi connectivity index (χ1n) is 9.60. The minimum Gasteiger partial charge on any atom is -0.385 e. The first-order valence-corrected chi connectivity index (χ1v) is 9.60. The Bertz CT molecular complexity index is 529. The molecule has 1 aliphatic rings. The summed E-state index contributed by atoms with van der Waals surface area (Å²) in [6.45, 7) is 6.91. The molecule has 1 aromatic carbocycles. The summed E-state index contributed by atoms with van der Waals surface area (Å²) in [6.07, 6.45) is 8.02. The molecule has 2 rings (SSSR count). The highest BCUT2D eigenvalue weighted by atomic mass is 16.5. The molecule has 1 heterocycles. The van der Waals surface area contributed by atoms with E-state index in [0.29, 0.717) is 0 Å². The van der Waals surface area contributed by atoms with Gasteiger partial charge in [-0.15, -0.1) is 0 Å². The van der Waals surface area contributed by atoms with Gasteiger partial charge in [0.1, 0.15) is 0 Å². The summed E-state index contributed by atoms with van der Waals surface area (Å²) in [4.78, 5) is 7.22. The first-order chi connectivity index (χ1) is 12.3. The summed E-state index contributed by atoms with van der Waals surface area (Å²) in [7, 11) is 1.76. The number of unbranched alkanes of at least 4 members (excludes halogenated alkanes) is 2. The maximum atomic E-state index is 5.09. The van der Waals surface area contributed by atoms with Gasteiger partial charge in [-0.1, -0.05) is 42.0 Å². The third-order valence-electron chi connectivity index (χ3n) is 4.48. The Labute approximate surface area is 153 Å². The number of hydrogen-bond donors (Lipinski definition) is 1. The van der Waals surface area contributed by atoms with E-state index in [-0.39, 0.29) is 0 Å². The average Bonchev–Trinajstić information content (AvgIpc) is 2.65. The number of rotatable bonds is 8. The molecule has 25 heavy (non-hydrogen) atoms. The number of nitrogens with zero attached hydrogens (tertiary/aromatic N) is 2. The van der Waals surface area contributed by atoms with Crippen molar-refractivity contribution in [2.24, 2.45) is 4.99 Å². The monoisotopic (exact) mass is 343 g/mol. The van der Waals surface area contributed by atoms with Gasteiger partial charge in [-0.05, 0) is 44.6 Å². The van der Waals surface area contributed by atoms with Crippen molar-refractivity contribution in [2.45, 2.75) is 39.0 Å². The van der Waals surface area contributed by atoms with Crippen molar-refractivity contribution in [1.29, 1.82) is 0 Å². The van der Waals surface area contributed by atoms with Crippen LogP contribution >= 0.6 is 0 Å². The zero-order valence-electron chi connectivity index (χ0n) is 15.8. The Kier molecular flexibility index (Phi) is 9.13. The quantitative estimate of drug-likeness (QED) is 0.441. The SMILES string of the molecule is CCNC(=NCCCCCOC)N1CCC(=Cc2ccccc2)CC1. The minimum absolute atomic E-state index is 0.854. The van der Waals surface area contributed by atoms with Crippen LogP contribution in [-0.4, -0.2) is 50.8 Å². The zero-order valence-corrected chi connectivity index (χ0v) is 15.8. The number of methoxy groups -OCH3 is 1. The Morgan fingerprint density at radius 2 is 1.92 bits per heavy atom. The lowest BCUT2D eigenvalue weighted by Gasteiger charge is -2.31. The topological polar surface area (TPSA) is 36.9 Å². The van der Waals surface area contributed by atoms with Crippen molar-refractivity contribution >= 4 is 12.0 Å². The highest BCUT2D eigenvalue weighted by Crippen LogP contribution is 2.19. The highest BCUT2D eigenvalue weighted by Gasteiger charge is 2.16. The molecule has 0 aromatic heterocycles. The lowest BCUT2D eigenvalue weighted by Crippen LogP contribution is -2.44. The van der Waals surface area contributed by atoms with E-state index in [1.54, 1.807) is 7.11 Å². The normalized spacial score (nSPS) is 15.4. The van der Waals surface area contributed by atoms with Crippen molar-refractivity contribution in [1.82, 2.24) is 10.2 Å². The van der Waals surface area contributed by atoms with Crippen LogP contribution in [0.3, 0.4) is 0 Å². The summed E-state index contributed by atoms with van der Waals surface area (Å²) in [5.41, 5.74) is 2.85. The largest absolute Gasteiger partial charge is 0.385 e. The van der Waals surface area contributed by atoms with E-state index in [4.69, 9.17) is 9.73 Å². The van der Waals surface area contributed by atoms with Gasteiger partial charge in [0.15, 0.2) is 5.96 Å². The summed E-state index contributed by atoms with van der Waals surface area (Å²) < 4.78 is 5.09. The van der Waals surface area contributed by atoms with Gasteiger partial charge < -0.3 is 15.0 Å². The van der Waals surface area contributed by atoms with Crippen LogP contribution in [0.25, 0.3) is 6.08 Å². The first kappa shape index (κ1) is 19.5. The van der Waals surface area contributed by atoms with Gasteiger partial charge >= 0.3 is 0 Å². The zero-order chi connectivity index (χ0) is 17.7. The van der Waals surface area contributed by atoms with Crippen LogP contribution in [-0.2, 0) is 4.74 Å². The second-order valence-electron chi connectivity index (χ2n) is 6.49. The van der Waals surface area contributed by atoms with Crippen molar-refractivity contribution in [2.75, 3.05) is 39.9 Å². The van der Waals surface area contributed by atoms with Gasteiger partial charge in [0.05, 0.1) is 0 Å². The predicted molar refractivity (Wildman–Crippen MR) is 107 cm³/mol. The van der Waals surface area contributed by atoms with Gasteiger partial charge in [0.25, 0.3) is 0 Å². The Morgan fingerprint density at radius 1 is 1.16 bits per heavy atom. The fourth-order valence-electron chi connectivity index (χ4n) is 3.08. The van der Waals surface area contributed by atoms with Gasteiger partial charge in [-0.25, -0.2) is 0 Å². The van der Waals surface area contributed by atoms with Gasteiger partial charge in [-0.2, -0.15) is 0 Å². The molecule has 0 amide bonds. The number of hydrogen-bond acceptors (Lipinski definition) is 2. The Morgan fingerprint density at radius 3 is 2.60 bits per heavy atom. The van der Waals surface area contributed by atoms with E-state index < -0.39 is 0 Å². The van der Waals surface area contributed by atoms with E-state index in [2.05, 4.69) is 53.5 Å². The summed E-state index contributed by atoms with van der Waals surface area (Å²) in [5, 5.41) is 3.45. The molecule has 0 saturated carbocycles. The van der Waals surface area contributed by atoms with Crippen LogP contribution in [0, 0.1) is 0 Å². The molecule has 0 bridgehead atoms. The highest BCUT2D eigenvalue weighted by molar-refractivity contribution is 5.80. The lowest BCUT2D eigenvalue weighted by molar-refractivity contribution is 0.192. The average molecular weight is 344 g/mol. The smallest absolute Gasteiger partial charge is 0.193 e. The molecule has 4 nitrogen and oxygen atoms in total. The van der Waals surface area contributed by atoms with E-state index >= 15 is 0 Å². The van der Waals surface area contributed by atoms with Crippen molar-refractivity contribution in [3.63, 3.8) is 0 Å².